The van der Waals surface area contributed by atoms with Crippen molar-refractivity contribution in [2.45, 2.75) is 44.3 Å². The molecule has 0 aliphatic carbocycles. The summed E-state index contributed by atoms with van der Waals surface area (Å²) in [5, 5.41) is 7.85. The molecule has 4 rings (SSSR count). The Hall–Kier alpha value is -1.17. The molecule has 2 aromatic rings. The Labute approximate surface area is 206 Å². The molecule has 2 aliphatic heterocycles. The average molecular weight is 560 g/mol. The van der Waals surface area contributed by atoms with Gasteiger partial charge in [-0.3, -0.25) is 4.99 Å². The molecule has 172 valence electrons. The maximum Gasteiger partial charge on any atom is 0.193 e. The van der Waals surface area contributed by atoms with Crippen LogP contribution in [0.4, 0.5) is 5.13 Å². The Morgan fingerprint density at radius 1 is 1.23 bits per heavy atom. The molecular formula is C22H34IN5O2S. The number of hydrogen-bond acceptors (Lipinski definition) is 6. The first-order valence-electron chi connectivity index (χ1n) is 11.1. The number of nitrogens with one attached hydrogen (secondary N) is 2. The molecule has 7 nitrogen and oxygen atoms in total. The zero-order valence-corrected chi connectivity index (χ0v) is 21.4. The second kappa shape index (κ2) is 12.8. The van der Waals surface area contributed by atoms with Crippen LogP contribution in [-0.4, -0.2) is 74.5 Å². The van der Waals surface area contributed by atoms with Gasteiger partial charge in [0.05, 0.1) is 29.0 Å². The summed E-state index contributed by atoms with van der Waals surface area (Å²) in [5.41, 5.74) is 1.05. The molecule has 1 unspecified atom stereocenters. The number of benzene rings is 1. The lowest BCUT2D eigenvalue weighted by molar-refractivity contribution is -0.0721. The van der Waals surface area contributed by atoms with Crippen LogP contribution in [0.3, 0.4) is 0 Å². The van der Waals surface area contributed by atoms with Crippen LogP contribution in [0, 0.1) is 0 Å². The monoisotopic (exact) mass is 559 g/mol. The van der Waals surface area contributed by atoms with Gasteiger partial charge in [-0.2, -0.15) is 0 Å². The molecule has 0 radical (unpaired) electrons. The summed E-state index contributed by atoms with van der Waals surface area (Å²) in [5.74, 6) is 0.968. The van der Waals surface area contributed by atoms with Gasteiger partial charge < -0.3 is 25.0 Å². The highest BCUT2D eigenvalue weighted by Crippen LogP contribution is 2.25. The molecule has 0 amide bonds. The number of nitrogens with zero attached hydrogens (tertiary/aromatic N) is 3. The quantitative estimate of drug-likeness (QED) is 0.232. The summed E-state index contributed by atoms with van der Waals surface area (Å²) in [4.78, 5) is 11.4. The molecule has 2 saturated heterocycles. The SMILES string of the molecule is CN=C(NCCNc1nc2ccccc2s1)N1CCC(OCC2CCCCO2)CC1.I. The molecule has 1 atom stereocenters. The maximum atomic E-state index is 6.13. The van der Waals surface area contributed by atoms with Crippen LogP contribution in [0.1, 0.15) is 32.1 Å². The molecule has 0 spiro atoms. The van der Waals surface area contributed by atoms with Gasteiger partial charge in [-0.05, 0) is 44.2 Å². The van der Waals surface area contributed by atoms with Gasteiger partial charge in [-0.1, -0.05) is 23.5 Å². The van der Waals surface area contributed by atoms with E-state index in [-0.39, 0.29) is 24.0 Å². The van der Waals surface area contributed by atoms with Crippen LogP contribution in [0.2, 0.25) is 0 Å². The van der Waals surface area contributed by atoms with Crippen molar-refractivity contribution in [2.24, 2.45) is 4.99 Å². The fourth-order valence-electron chi connectivity index (χ4n) is 4.04. The number of guanidine groups is 1. The van der Waals surface area contributed by atoms with Gasteiger partial charge in [0, 0.05) is 39.8 Å². The molecule has 0 bridgehead atoms. The Bertz CT molecular complexity index is 786. The van der Waals surface area contributed by atoms with Gasteiger partial charge in [0.1, 0.15) is 0 Å². The molecule has 2 N–H and O–H groups in total. The number of fused-ring (bicyclic) bond motifs is 1. The normalized spacial score (nSPS) is 20.5. The first kappa shape index (κ1) is 24.5. The molecule has 0 saturated carbocycles. The Balaban J connectivity index is 0.00000272. The van der Waals surface area contributed by atoms with E-state index in [1.54, 1.807) is 11.3 Å². The minimum atomic E-state index is 0. The van der Waals surface area contributed by atoms with Crippen molar-refractivity contribution >= 4 is 56.6 Å². The standard InChI is InChI=1S/C22H33N5O2S.HI/c1-23-21(24-11-12-25-22-26-19-7-2-3-8-20(19)30-22)27-13-9-17(10-14-27)29-16-18-6-4-5-15-28-18;/h2-3,7-8,17-18H,4-6,9-16H2,1H3,(H,23,24)(H,25,26);1H. The lowest BCUT2D eigenvalue weighted by Gasteiger charge is -2.35. The average Bonchev–Trinajstić information content (AvgIpc) is 3.22. The first-order chi connectivity index (χ1) is 14.8. The zero-order valence-electron chi connectivity index (χ0n) is 18.2. The molecule has 3 heterocycles. The number of ether oxygens (including phenoxy) is 2. The van der Waals surface area contributed by atoms with Crippen LogP contribution in [0.5, 0.6) is 0 Å². The smallest absolute Gasteiger partial charge is 0.193 e. The van der Waals surface area contributed by atoms with E-state index in [0.29, 0.717) is 12.2 Å². The van der Waals surface area contributed by atoms with Crippen molar-refractivity contribution in [1.82, 2.24) is 15.2 Å². The van der Waals surface area contributed by atoms with Gasteiger partial charge in [0.15, 0.2) is 11.1 Å². The third kappa shape index (κ3) is 7.16. The number of halogens is 1. The fourth-order valence-corrected chi connectivity index (χ4v) is 4.93. The predicted molar refractivity (Wildman–Crippen MR) is 139 cm³/mol. The Kier molecular flexibility index (Phi) is 10.1. The van der Waals surface area contributed by atoms with E-state index in [1.807, 2.05) is 25.2 Å². The Morgan fingerprint density at radius 3 is 2.81 bits per heavy atom. The second-order valence-electron chi connectivity index (χ2n) is 7.90. The summed E-state index contributed by atoms with van der Waals surface area (Å²) in [6.07, 6.45) is 6.31. The fraction of sp³-hybridized carbons (Fsp3) is 0.636. The van der Waals surface area contributed by atoms with Crippen molar-refractivity contribution in [3.8, 4) is 0 Å². The molecule has 2 fully saturated rings. The predicted octanol–water partition coefficient (Wildman–Crippen LogP) is 3.95. The van der Waals surface area contributed by atoms with Crippen LogP contribution in [-0.2, 0) is 9.47 Å². The lowest BCUT2D eigenvalue weighted by atomic mass is 10.1. The minimum Gasteiger partial charge on any atom is -0.376 e. The van der Waals surface area contributed by atoms with Gasteiger partial charge in [-0.25, -0.2) is 4.98 Å². The number of likely N-dealkylation sites (tertiary alicyclic amines) is 1. The van der Waals surface area contributed by atoms with Crippen LogP contribution < -0.4 is 10.6 Å². The second-order valence-corrected chi connectivity index (χ2v) is 8.93. The number of hydrogen-bond donors (Lipinski definition) is 2. The number of anilines is 1. The highest BCUT2D eigenvalue weighted by atomic mass is 127. The van der Waals surface area contributed by atoms with Crippen LogP contribution in [0.15, 0.2) is 29.3 Å². The van der Waals surface area contributed by atoms with Gasteiger partial charge in [0.2, 0.25) is 0 Å². The number of aromatic nitrogens is 1. The maximum absolute atomic E-state index is 6.13. The van der Waals surface area contributed by atoms with Crippen LogP contribution in [0.25, 0.3) is 10.2 Å². The van der Waals surface area contributed by atoms with E-state index in [2.05, 4.69) is 31.6 Å². The van der Waals surface area contributed by atoms with E-state index in [1.165, 1.54) is 17.5 Å². The minimum absolute atomic E-state index is 0. The summed E-state index contributed by atoms with van der Waals surface area (Å²) in [6.45, 7) is 5.19. The highest BCUT2D eigenvalue weighted by Gasteiger charge is 2.23. The topological polar surface area (TPSA) is 71.0 Å². The van der Waals surface area contributed by atoms with Crippen molar-refractivity contribution in [3.63, 3.8) is 0 Å². The third-order valence-electron chi connectivity index (χ3n) is 5.72. The third-order valence-corrected chi connectivity index (χ3v) is 6.72. The van der Waals surface area contributed by atoms with E-state index < -0.39 is 0 Å². The van der Waals surface area contributed by atoms with E-state index in [0.717, 1.165) is 75.3 Å². The lowest BCUT2D eigenvalue weighted by Crippen LogP contribution is -2.48. The van der Waals surface area contributed by atoms with Gasteiger partial charge >= 0.3 is 0 Å². The van der Waals surface area contributed by atoms with Crippen molar-refractivity contribution in [3.05, 3.63) is 24.3 Å². The molecular weight excluding hydrogens is 525 g/mol. The molecule has 31 heavy (non-hydrogen) atoms. The van der Waals surface area contributed by atoms with E-state index in [4.69, 9.17) is 9.47 Å². The zero-order chi connectivity index (χ0) is 20.6. The van der Waals surface area contributed by atoms with E-state index >= 15 is 0 Å². The van der Waals surface area contributed by atoms with E-state index in [9.17, 15) is 0 Å². The highest BCUT2D eigenvalue weighted by molar-refractivity contribution is 14.0. The summed E-state index contributed by atoms with van der Waals surface area (Å²) >= 11 is 1.69. The molecule has 9 heteroatoms. The van der Waals surface area contributed by atoms with Gasteiger partial charge in [-0.15, -0.1) is 24.0 Å². The van der Waals surface area contributed by atoms with Crippen molar-refractivity contribution in [2.75, 3.05) is 51.8 Å². The number of para-hydroxylation sites is 1. The van der Waals surface area contributed by atoms with Crippen molar-refractivity contribution < 1.29 is 9.47 Å². The van der Waals surface area contributed by atoms with Crippen LogP contribution >= 0.6 is 35.3 Å². The molecule has 2 aliphatic rings. The number of aliphatic imine (C=N–C) groups is 1. The number of thiazole rings is 1. The number of rotatable bonds is 7. The summed E-state index contributed by atoms with van der Waals surface area (Å²) in [7, 11) is 1.85. The largest absolute Gasteiger partial charge is 0.376 e. The Morgan fingerprint density at radius 2 is 2.06 bits per heavy atom. The van der Waals surface area contributed by atoms with Crippen molar-refractivity contribution in [1.29, 1.82) is 0 Å². The molecule has 1 aromatic carbocycles. The summed E-state index contributed by atoms with van der Waals surface area (Å²) < 4.78 is 13.1. The number of piperidine rings is 1. The first-order valence-corrected chi connectivity index (χ1v) is 11.9. The molecule has 1 aromatic heterocycles. The summed E-state index contributed by atoms with van der Waals surface area (Å²) in [6, 6.07) is 8.23. The van der Waals surface area contributed by atoms with Gasteiger partial charge in [0.25, 0.3) is 0 Å².